The average molecular weight is 369 g/mol. The maximum absolute atomic E-state index is 11.0. The van der Waals surface area contributed by atoms with Crippen LogP contribution in [0.3, 0.4) is 0 Å². The molecular weight excluding hydrogens is 350 g/mol. The zero-order valence-electron chi connectivity index (χ0n) is 14.9. The minimum Gasteiger partial charge on any atom is -0.490 e. The van der Waals surface area contributed by atoms with Crippen LogP contribution in [0.4, 0.5) is 0 Å². The Kier molecular flexibility index (Phi) is 4.90. The summed E-state index contributed by atoms with van der Waals surface area (Å²) < 4.78 is 16.5. The van der Waals surface area contributed by atoms with Crippen LogP contribution in [0.5, 0.6) is 17.4 Å². The zero-order valence-corrected chi connectivity index (χ0v) is 14.9. The number of nitrogens with one attached hydrogen (secondary N) is 1. The van der Waals surface area contributed by atoms with Gasteiger partial charge in [0, 0.05) is 11.3 Å². The first-order chi connectivity index (χ1) is 13.0. The lowest BCUT2D eigenvalue weighted by molar-refractivity contribution is -0.119. The van der Waals surface area contributed by atoms with Crippen LogP contribution in [0.2, 0.25) is 0 Å². The molecule has 9 nitrogen and oxygen atoms in total. The Labute approximate surface area is 155 Å². The number of primary amides is 1. The number of allylic oxidation sites excluding steroid dienone is 1. The number of hydrogen-bond donors (Lipinski definition) is 3. The number of aromatic nitrogens is 2. The Bertz CT molecular complexity index is 957. The third-order valence-corrected chi connectivity index (χ3v) is 4.10. The summed E-state index contributed by atoms with van der Waals surface area (Å²) in [5.41, 5.74) is 13.6. The molecule has 1 unspecified atom stereocenters. The van der Waals surface area contributed by atoms with Crippen LogP contribution >= 0.6 is 0 Å². The predicted molar refractivity (Wildman–Crippen MR) is 94.9 cm³/mol. The fourth-order valence-electron chi connectivity index (χ4n) is 2.97. The first-order valence-corrected chi connectivity index (χ1v) is 8.26. The summed E-state index contributed by atoms with van der Waals surface area (Å²) >= 11 is 0. The van der Waals surface area contributed by atoms with Crippen LogP contribution in [0.1, 0.15) is 29.7 Å². The third-order valence-electron chi connectivity index (χ3n) is 4.10. The van der Waals surface area contributed by atoms with Crippen LogP contribution in [0.15, 0.2) is 29.7 Å². The number of carbonyl (C=O) groups excluding carboxylic acids is 1. The number of nitriles is 1. The van der Waals surface area contributed by atoms with Gasteiger partial charge in [0.2, 0.25) is 11.8 Å². The molecule has 27 heavy (non-hydrogen) atoms. The minimum atomic E-state index is -0.591. The van der Waals surface area contributed by atoms with Crippen LogP contribution in [-0.4, -0.2) is 29.3 Å². The summed E-state index contributed by atoms with van der Waals surface area (Å²) in [6, 6.07) is 7.31. The molecule has 0 fully saturated rings. The van der Waals surface area contributed by atoms with Crippen LogP contribution in [-0.2, 0) is 4.79 Å². The Morgan fingerprint density at radius 1 is 1.41 bits per heavy atom. The first kappa shape index (κ1) is 18.1. The lowest BCUT2D eigenvalue weighted by atomic mass is 9.84. The fourth-order valence-corrected chi connectivity index (χ4v) is 2.97. The standard InChI is InChI=1S/C18H19N5O4/c1-3-25-13-6-10(4-5-12(13)26-8-14(20)24)16-11(7-19)17(21)27-18-15(16)9(2)22-23-18/h4-6,16H,3,8,21H2,1-2H3,(H2,20,24)(H,22,23). The molecule has 0 bridgehead atoms. The van der Waals surface area contributed by atoms with Gasteiger partial charge in [0.05, 0.1) is 12.5 Å². The number of ether oxygens (including phenoxy) is 3. The van der Waals surface area contributed by atoms with E-state index in [1.165, 1.54) is 0 Å². The second-order valence-corrected chi connectivity index (χ2v) is 5.89. The van der Waals surface area contributed by atoms with Gasteiger partial charge in [-0.3, -0.25) is 9.89 Å². The lowest BCUT2D eigenvalue weighted by Gasteiger charge is -2.24. The number of nitrogens with two attached hydrogens (primary N) is 2. The Balaban J connectivity index is 2.09. The summed E-state index contributed by atoms with van der Waals surface area (Å²) in [4.78, 5) is 11.0. The Morgan fingerprint density at radius 2 is 2.19 bits per heavy atom. The van der Waals surface area contributed by atoms with Crippen molar-refractivity contribution >= 4 is 5.91 Å². The molecule has 9 heteroatoms. The summed E-state index contributed by atoms with van der Waals surface area (Å²) in [5.74, 6) is 0.0934. The highest BCUT2D eigenvalue weighted by atomic mass is 16.5. The Hall–Kier alpha value is -3.67. The molecule has 1 aromatic heterocycles. The quantitative estimate of drug-likeness (QED) is 0.692. The topological polar surface area (TPSA) is 149 Å². The van der Waals surface area contributed by atoms with Crippen molar-refractivity contribution in [3.05, 3.63) is 46.5 Å². The number of fused-ring (bicyclic) bond motifs is 1. The summed E-state index contributed by atoms with van der Waals surface area (Å²) in [7, 11) is 0. The van der Waals surface area contributed by atoms with E-state index in [9.17, 15) is 10.1 Å². The molecule has 1 atom stereocenters. The molecule has 0 radical (unpaired) electrons. The van der Waals surface area contributed by atoms with Crippen LogP contribution in [0.25, 0.3) is 0 Å². The second kappa shape index (κ2) is 7.29. The molecule has 2 aromatic rings. The van der Waals surface area contributed by atoms with Gasteiger partial charge in [0.1, 0.15) is 11.6 Å². The number of hydrogen-bond acceptors (Lipinski definition) is 7. The molecule has 1 amide bonds. The second-order valence-electron chi connectivity index (χ2n) is 5.89. The fraction of sp³-hybridized carbons (Fsp3) is 0.278. The van der Waals surface area contributed by atoms with E-state index in [1.54, 1.807) is 18.2 Å². The van der Waals surface area contributed by atoms with E-state index in [4.69, 9.17) is 25.7 Å². The molecule has 5 N–H and O–H groups in total. The first-order valence-electron chi connectivity index (χ1n) is 8.26. The van der Waals surface area contributed by atoms with E-state index < -0.39 is 11.8 Å². The predicted octanol–water partition coefficient (Wildman–Crippen LogP) is 1.20. The van der Waals surface area contributed by atoms with Crippen LogP contribution < -0.4 is 25.7 Å². The van der Waals surface area contributed by atoms with Gasteiger partial charge in [-0.25, -0.2) is 0 Å². The number of rotatable bonds is 6. The van der Waals surface area contributed by atoms with E-state index in [1.807, 2.05) is 13.8 Å². The molecule has 0 saturated heterocycles. The molecule has 140 valence electrons. The smallest absolute Gasteiger partial charge is 0.255 e. The van der Waals surface area contributed by atoms with Crippen molar-refractivity contribution in [3.63, 3.8) is 0 Å². The molecule has 0 spiro atoms. The molecule has 2 heterocycles. The number of benzene rings is 1. The molecule has 0 aliphatic carbocycles. The largest absolute Gasteiger partial charge is 0.490 e. The van der Waals surface area contributed by atoms with E-state index >= 15 is 0 Å². The number of aryl methyl sites for hydroxylation is 1. The highest BCUT2D eigenvalue weighted by molar-refractivity contribution is 5.75. The lowest BCUT2D eigenvalue weighted by Crippen LogP contribution is -2.21. The summed E-state index contributed by atoms with van der Waals surface area (Å²) in [6.45, 7) is 3.80. The highest BCUT2D eigenvalue weighted by Crippen LogP contribution is 2.44. The highest BCUT2D eigenvalue weighted by Gasteiger charge is 2.34. The average Bonchev–Trinajstić information content (AvgIpc) is 3.00. The monoisotopic (exact) mass is 369 g/mol. The molecule has 1 aliphatic rings. The number of carbonyl (C=O) groups is 1. The van der Waals surface area contributed by atoms with E-state index in [-0.39, 0.29) is 18.1 Å². The van der Waals surface area contributed by atoms with Gasteiger partial charge in [0.25, 0.3) is 5.91 Å². The van der Waals surface area contributed by atoms with E-state index in [0.717, 1.165) is 16.8 Å². The Morgan fingerprint density at radius 3 is 2.85 bits per heavy atom. The van der Waals surface area contributed by atoms with Gasteiger partial charge in [-0.2, -0.15) is 5.26 Å². The number of H-pyrrole nitrogens is 1. The van der Waals surface area contributed by atoms with Crippen molar-refractivity contribution < 1.29 is 19.0 Å². The summed E-state index contributed by atoms with van der Waals surface area (Å²) in [6.07, 6.45) is 0. The van der Waals surface area contributed by atoms with E-state index in [2.05, 4.69) is 16.3 Å². The maximum Gasteiger partial charge on any atom is 0.255 e. The van der Waals surface area contributed by atoms with Crippen LogP contribution in [0, 0.1) is 18.3 Å². The van der Waals surface area contributed by atoms with E-state index in [0.29, 0.717) is 24.0 Å². The molecule has 1 aliphatic heterocycles. The van der Waals surface area contributed by atoms with Crippen molar-refractivity contribution in [2.45, 2.75) is 19.8 Å². The normalized spacial score (nSPS) is 15.5. The van der Waals surface area contributed by atoms with Crippen molar-refractivity contribution in [1.82, 2.24) is 10.2 Å². The maximum atomic E-state index is 11.0. The summed E-state index contributed by atoms with van der Waals surface area (Å²) in [5, 5.41) is 16.6. The molecular formula is C18H19N5O4. The van der Waals surface area contributed by atoms with Gasteiger partial charge < -0.3 is 25.7 Å². The van der Waals surface area contributed by atoms with Gasteiger partial charge >= 0.3 is 0 Å². The molecule has 1 aromatic carbocycles. The van der Waals surface area contributed by atoms with Crippen molar-refractivity contribution in [2.24, 2.45) is 11.5 Å². The molecule has 3 rings (SSSR count). The van der Waals surface area contributed by atoms with Gasteiger partial charge in [-0.1, -0.05) is 6.07 Å². The van der Waals surface area contributed by atoms with Gasteiger partial charge in [-0.15, -0.1) is 5.10 Å². The number of nitrogens with zero attached hydrogens (tertiary/aromatic N) is 2. The SMILES string of the molecule is CCOc1cc(C2C(C#N)=C(N)Oc3n[nH]c(C)c32)ccc1OCC(N)=O. The molecule has 0 saturated carbocycles. The minimum absolute atomic E-state index is 0.00788. The van der Waals surface area contributed by atoms with Gasteiger partial charge in [-0.05, 0) is 31.5 Å². The number of aromatic amines is 1. The van der Waals surface area contributed by atoms with Crippen molar-refractivity contribution in [1.29, 1.82) is 5.26 Å². The number of amides is 1. The zero-order chi connectivity index (χ0) is 19.6. The third kappa shape index (κ3) is 3.37. The van der Waals surface area contributed by atoms with Gasteiger partial charge in [0.15, 0.2) is 18.1 Å². The van der Waals surface area contributed by atoms with Crippen molar-refractivity contribution in [3.8, 4) is 23.4 Å². The van der Waals surface area contributed by atoms with Crippen molar-refractivity contribution in [2.75, 3.05) is 13.2 Å².